The number of nitrogens with one attached hydrogen (secondary N) is 1. The first-order valence-corrected chi connectivity index (χ1v) is 10.0. The fourth-order valence-electron chi connectivity index (χ4n) is 3.97. The topological polar surface area (TPSA) is 17.0 Å². The van der Waals surface area contributed by atoms with Gasteiger partial charge in [0.15, 0.2) is 0 Å². The van der Waals surface area contributed by atoms with Crippen molar-refractivity contribution >= 4 is 21.8 Å². The summed E-state index contributed by atoms with van der Waals surface area (Å²) in [7, 11) is 0. The van der Waals surface area contributed by atoms with Crippen LogP contribution in [0.25, 0.3) is 21.8 Å². The number of hydrogen-bond donors (Lipinski definition) is 1. The summed E-state index contributed by atoms with van der Waals surface area (Å²) in [5.74, 6) is 0. The molecule has 4 rings (SSSR count). The molecule has 1 heterocycles. The maximum absolute atomic E-state index is 3.70. The molecule has 0 spiro atoms. The Morgan fingerprint density at radius 2 is 1.56 bits per heavy atom. The van der Waals surface area contributed by atoms with Crippen molar-refractivity contribution in [2.45, 2.75) is 45.8 Å². The molecule has 2 nitrogen and oxygen atoms in total. The van der Waals surface area contributed by atoms with Gasteiger partial charge >= 0.3 is 0 Å². The summed E-state index contributed by atoms with van der Waals surface area (Å²) in [6.45, 7) is 6.41. The highest BCUT2D eigenvalue weighted by Crippen LogP contribution is 2.29. The van der Waals surface area contributed by atoms with Crippen molar-refractivity contribution in [3.05, 3.63) is 83.9 Å². The first-order chi connectivity index (χ1) is 13.3. The normalized spacial score (nSPS) is 12.7. The Kier molecular flexibility index (Phi) is 5.26. The van der Waals surface area contributed by atoms with Gasteiger partial charge in [0, 0.05) is 40.9 Å². The van der Waals surface area contributed by atoms with Gasteiger partial charge in [-0.15, -0.1) is 0 Å². The maximum atomic E-state index is 3.70. The third-order valence-electron chi connectivity index (χ3n) is 5.52. The van der Waals surface area contributed by atoms with E-state index in [2.05, 4.69) is 96.5 Å². The van der Waals surface area contributed by atoms with E-state index in [-0.39, 0.29) is 0 Å². The second-order valence-corrected chi connectivity index (χ2v) is 7.42. The minimum absolute atomic E-state index is 0.498. The molecule has 0 aliphatic rings. The van der Waals surface area contributed by atoms with E-state index in [1.54, 1.807) is 0 Å². The zero-order chi connectivity index (χ0) is 18.6. The van der Waals surface area contributed by atoms with Gasteiger partial charge in [0.05, 0.1) is 0 Å². The molecule has 3 aromatic carbocycles. The Hall–Kier alpha value is -2.58. The highest BCUT2D eigenvalue weighted by atomic mass is 15.0. The van der Waals surface area contributed by atoms with Gasteiger partial charge in [-0.25, -0.2) is 0 Å². The van der Waals surface area contributed by atoms with E-state index < -0.39 is 0 Å². The molecule has 0 unspecified atom stereocenters. The van der Waals surface area contributed by atoms with Crippen LogP contribution in [-0.2, 0) is 19.5 Å². The summed E-state index contributed by atoms with van der Waals surface area (Å²) in [4.78, 5) is 0. The van der Waals surface area contributed by atoms with E-state index in [1.807, 2.05) is 0 Å². The number of para-hydroxylation sites is 1. The van der Waals surface area contributed by atoms with Gasteiger partial charge in [-0.1, -0.05) is 54.6 Å². The van der Waals surface area contributed by atoms with Crippen LogP contribution in [0.5, 0.6) is 0 Å². The maximum Gasteiger partial charge on any atom is 0.0491 e. The molecule has 0 radical (unpaired) electrons. The third kappa shape index (κ3) is 3.77. The van der Waals surface area contributed by atoms with E-state index in [4.69, 9.17) is 0 Å². The summed E-state index contributed by atoms with van der Waals surface area (Å²) >= 11 is 0. The van der Waals surface area contributed by atoms with Crippen LogP contribution in [0.4, 0.5) is 0 Å². The summed E-state index contributed by atoms with van der Waals surface area (Å²) in [5, 5.41) is 6.42. The molecule has 0 saturated heterocycles. The number of hydrogen-bond acceptors (Lipinski definition) is 1. The van der Waals surface area contributed by atoms with E-state index >= 15 is 0 Å². The van der Waals surface area contributed by atoms with Crippen molar-refractivity contribution in [1.29, 1.82) is 0 Å². The molecule has 0 bridgehead atoms. The van der Waals surface area contributed by atoms with Crippen LogP contribution in [-0.4, -0.2) is 10.6 Å². The number of aryl methyl sites for hydroxylation is 2. The number of benzene rings is 3. The van der Waals surface area contributed by atoms with Crippen LogP contribution in [0.15, 0.2) is 72.8 Å². The Bertz CT molecular complexity index is 1030. The molecule has 2 heteroatoms. The van der Waals surface area contributed by atoms with E-state index in [0.717, 1.165) is 25.9 Å². The SMILES string of the molecule is CCn1c2ccccc2c2cc(CN[C@@H](C)CCc3ccccc3)ccc21. The molecular formula is C25H28N2. The third-order valence-corrected chi connectivity index (χ3v) is 5.52. The highest BCUT2D eigenvalue weighted by molar-refractivity contribution is 6.08. The molecule has 27 heavy (non-hydrogen) atoms. The fourth-order valence-corrected chi connectivity index (χ4v) is 3.97. The zero-order valence-electron chi connectivity index (χ0n) is 16.3. The Labute approximate surface area is 161 Å². The van der Waals surface area contributed by atoms with Gasteiger partial charge in [-0.2, -0.15) is 0 Å². The van der Waals surface area contributed by atoms with Crippen LogP contribution in [0.3, 0.4) is 0 Å². The van der Waals surface area contributed by atoms with Gasteiger partial charge in [0.1, 0.15) is 0 Å². The molecule has 0 amide bonds. The molecule has 4 aromatic rings. The van der Waals surface area contributed by atoms with E-state index in [1.165, 1.54) is 32.9 Å². The van der Waals surface area contributed by atoms with Crippen molar-refractivity contribution in [1.82, 2.24) is 9.88 Å². The van der Waals surface area contributed by atoms with Crippen molar-refractivity contribution in [2.75, 3.05) is 0 Å². The lowest BCUT2D eigenvalue weighted by Gasteiger charge is -2.14. The van der Waals surface area contributed by atoms with Gasteiger partial charge in [-0.3, -0.25) is 0 Å². The monoisotopic (exact) mass is 356 g/mol. The van der Waals surface area contributed by atoms with Crippen molar-refractivity contribution in [3.63, 3.8) is 0 Å². The zero-order valence-corrected chi connectivity index (χ0v) is 16.3. The fraction of sp³-hybridized carbons (Fsp3) is 0.280. The molecule has 1 atom stereocenters. The van der Waals surface area contributed by atoms with Crippen LogP contribution in [0.2, 0.25) is 0 Å². The number of rotatable bonds is 7. The minimum atomic E-state index is 0.498. The Balaban J connectivity index is 1.47. The van der Waals surface area contributed by atoms with Crippen LogP contribution < -0.4 is 5.32 Å². The van der Waals surface area contributed by atoms with Crippen LogP contribution in [0.1, 0.15) is 31.4 Å². The molecule has 138 valence electrons. The lowest BCUT2D eigenvalue weighted by atomic mass is 10.1. The van der Waals surface area contributed by atoms with E-state index in [9.17, 15) is 0 Å². The van der Waals surface area contributed by atoms with Gasteiger partial charge < -0.3 is 9.88 Å². The lowest BCUT2D eigenvalue weighted by Crippen LogP contribution is -2.25. The van der Waals surface area contributed by atoms with Crippen molar-refractivity contribution < 1.29 is 0 Å². The predicted octanol–water partition coefficient (Wildman–Crippen LogP) is 5.93. The number of nitrogens with zero attached hydrogens (tertiary/aromatic N) is 1. The molecular weight excluding hydrogens is 328 g/mol. The molecule has 0 aliphatic heterocycles. The largest absolute Gasteiger partial charge is 0.341 e. The lowest BCUT2D eigenvalue weighted by molar-refractivity contribution is 0.514. The molecule has 1 aromatic heterocycles. The van der Waals surface area contributed by atoms with E-state index in [0.29, 0.717) is 6.04 Å². The summed E-state index contributed by atoms with van der Waals surface area (Å²) in [5.41, 5.74) is 5.43. The van der Waals surface area contributed by atoms with Gasteiger partial charge in [0.2, 0.25) is 0 Å². The smallest absolute Gasteiger partial charge is 0.0491 e. The number of fused-ring (bicyclic) bond motifs is 3. The Morgan fingerprint density at radius 1 is 0.815 bits per heavy atom. The highest BCUT2D eigenvalue weighted by Gasteiger charge is 2.10. The average Bonchev–Trinajstić information content (AvgIpc) is 3.04. The van der Waals surface area contributed by atoms with Crippen molar-refractivity contribution in [2.24, 2.45) is 0 Å². The molecule has 0 aliphatic carbocycles. The second-order valence-electron chi connectivity index (χ2n) is 7.42. The molecule has 0 fully saturated rings. The van der Waals surface area contributed by atoms with Crippen molar-refractivity contribution in [3.8, 4) is 0 Å². The summed E-state index contributed by atoms with van der Waals surface area (Å²) in [6, 6.07) is 26.9. The van der Waals surface area contributed by atoms with Crippen LogP contribution in [0, 0.1) is 0 Å². The summed E-state index contributed by atoms with van der Waals surface area (Å²) < 4.78 is 2.41. The predicted molar refractivity (Wildman–Crippen MR) is 116 cm³/mol. The first-order valence-electron chi connectivity index (χ1n) is 10.0. The summed E-state index contributed by atoms with van der Waals surface area (Å²) in [6.07, 6.45) is 2.28. The average molecular weight is 357 g/mol. The molecule has 0 saturated carbocycles. The Morgan fingerprint density at radius 3 is 2.37 bits per heavy atom. The minimum Gasteiger partial charge on any atom is -0.341 e. The second kappa shape index (κ2) is 7.98. The van der Waals surface area contributed by atoms with Gasteiger partial charge in [-0.05, 0) is 56.0 Å². The standard InChI is InChI=1S/C25H28N2/c1-3-27-24-12-8-7-11-22(24)23-17-21(15-16-25(23)27)18-26-19(2)13-14-20-9-5-4-6-10-20/h4-12,15-17,19,26H,3,13-14,18H2,1-2H3/t19-/m0/s1. The molecule has 1 N–H and O–H groups in total. The number of aromatic nitrogens is 1. The van der Waals surface area contributed by atoms with Crippen LogP contribution >= 0.6 is 0 Å². The quantitative estimate of drug-likeness (QED) is 0.434. The van der Waals surface area contributed by atoms with Gasteiger partial charge in [0.25, 0.3) is 0 Å². The first kappa shape index (κ1) is 17.8.